The van der Waals surface area contributed by atoms with Gasteiger partial charge in [-0.2, -0.15) is 0 Å². The first-order valence-electron chi connectivity index (χ1n) is 7.62. The van der Waals surface area contributed by atoms with Gasteiger partial charge in [0.25, 0.3) is 0 Å². The van der Waals surface area contributed by atoms with Crippen molar-refractivity contribution in [3.8, 4) is 0 Å². The van der Waals surface area contributed by atoms with Crippen LogP contribution in [0.25, 0.3) is 0 Å². The van der Waals surface area contributed by atoms with Crippen LogP contribution < -0.4 is 10.6 Å². The topological polar surface area (TPSA) is 92.3 Å². The third kappa shape index (κ3) is 4.26. The molecule has 1 heterocycles. The van der Waals surface area contributed by atoms with Gasteiger partial charge >= 0.3 is 11.8 Å². The fourth-order valence-corrected chi connectivity index (χ4v) is 5.14. The molecule has 1 atom stereocenters. The zero-order chi connectivity index (χ0) is 18.6. The number of aryl methyl sites for hydroxylation is 2. The van der Waals surface area contributed by atoms with Crippen LogP contribution in [0.5, 0.6) is 0 Å². The fourth-order valence-electron chi connectivity index (χ4n) is 2.27. The molecule has 6 nitrogen and oxygen atoms in total. The Morgan fingerprint density at radius 3 is 2.40 bits per heavy atom. The van der Waals surface area contributed by atoms with Gasteiger partial charge in [-0.15, -0.1) is 11.3 Å². The number of nitrogens with one attached hydrogen (secondary N) is 2. The number of hydrogen-bond donors (Lipinski definition) is 2. The van der Waals surface area contributed by atoms with E-state index in [1.54, 1.807) is 35.7 Å². The lowest BCUT2D eigenvalue weighted by Crippen LogP contribution is -2.40. The summed E-state index contributed by atoms with van der Waals surface area (Å²) >= 11 is 1.29. The van der Waals surface area contributed by atoms with Crippen LogP contribution in [0.3, 0.4) is 0 Å². The molecule has 0 aliphatic rings. The zero-order valence-corrected chi connectivity index (χ0v) is 15.8. The van der Waals surface area contributed by atoms with E-state index in [1.165, 1.54) is 18.4 Å². The molecular formula is C17H20N2O4S2. The van der Waals surface area contributed by atoms with Gasteiger partial charge in [0.1, 0.15) is 5.25 Å². The Balaban J connectivity index is 2.36. The van der Waals surface area contributed by atoms with Crippen molar-refractivity contribution in [2.45, 2.75) is 24.0 Å². The maximum atomic E-state index is 13.1. The number of hydrogen-bond acceptors (Lipinski definition) is 5. The van der Waals surface area contributed by atoms with Gasteiger partial charge in [0.15, 0.2) is 9.84 Å². The number of likely N-dealkylation sites (N-methyl/N-ethyl adjacent to an activating group) is 1. The van der Waals surface area contributed by atoms with Gasteiger partial charge in [-0.3, -0.25) is 9.59 Å². The summed E-state index contributed by atoms with van der Waals surface area (Å²) in [6.07, 6.45) is 0. The lowest BCUT2D eigenvalue weighted by molar-refractivity contribution is -0.138. The van der Waals surface area contributed by atoms with E-state index in [-0.39, 0.29) is 11.4 Å². The first-order valence-corrected chi connectivity index (χ1v) is 10.0. The Morgan fingerprint density at radius 1 is 1.12 bits per heavy atom. The van der Waals surface area contributed by atoms with E-state index < -0.39 is 26.9 Å². The largest absolute Gasteiger partial charge is 0.351 e. The van der Waals surface area contributed by atoms with E-state index >= 15 is 0 Å². The van der Waals surface area contributed by atoms with Crippen LogP contribution in [0.1, 0.15) is 21.3 Å². The summed E-state index contributed by atoms with van der Waals surface area (Å²) in [5, 5.41) is 5.43. The standard InChI is InChI=1S/C17H20N2O4S2/c1-11-6-7-13(9-12(11)2)25(22,23)15(14-5-4-8-24-14)10-19-17(21)16(20)18-3/h4-9,15H,10H2,1-3H3,(H,18,20)(H,19,21)/t15-/m1/s1. The molecule has 0 saturated heterocycles. The zero-order valence-electron chi connectivity index (χ0n) is 14.2. The van der Waals surface area contributed by atoms with Gasteiger partial charge in [-0.05, 0) is 48.6 Å². The summed E-state index contributed by atoms with van der Waals surface area (Å²) in [6, 6.07) is 8.42. The first-order chi connectivity index (χ1) is 11.8. The molecule has 25 heavy (non-hydrogen) atoms. The van der Waals surface area contributed by atoms with Crippen LogP contribution in [-0.4, -0.2) is 33.8 Å². The van der Waals surface area contributed by atoms with Crippen LogP contribution in [-0.2, 0) is 19.4 Å². The number of benzene rings is 1. The van der Waals surface area contributed by atoms with Gasteiger partial charge in [0, 0.05) is 18.5 Å². The summed E-state index contributed by atoms with van der Waals surface area (Å²) < 4.78 is 26.2. The third-order valence-corrected chi connectivity index (χ3v) is 7.14. The fraction of sp³-hybridized carbons (Fsp3) is 0.294. The van der Waals surface area contributed by atoms with E-state index in [4.69, 9.17) is 0 Å². The summed E-state index contributed by atoms with van der Waals surface area (Å²) in [4.78, 5) is 23.8. The Kier molecular flexibility index (Phi) is 5.97. The van der Waals surface area contributed by atoms with E-state index in [0.717, 1.165) is 11.1 Å². The monoisotopic (exact) mass is 380 g/mol. The highest BCUT2D eigenvalue weighted by Gasteiger charge is 2.31. The van der Waals surface area contributed by atoms with Crippen molar-refractivity contribution in [2.75, 3.05) is 13.6 Å². The van der Waals surface area contributed by atoms with Gasteiger partial charge < -0.3 is 10.6 Å². The molecule has 8 heteroatoms. The van der Waals surface area contributed by atoms with Crippen molar-refractivity contribution in [2.24, 2.45) is 0 Å². The Labute approximate surface area is 151 Å². The van der Waals surface area contributed by atoms with E-state index in [1.807, 2.05) is 13.8 Å². The van der Waals surface area contributed by atoms with Crippen molar-refractivity contribution in [1.82, 2.24) is 10.6 Å². The molecule has 0 spiro atoms. The molecule has 0 bridgehead atoms. The molecule has 0 fully saturated rings. The highest BCUT2D eigenvalue weighted by Crippen LogP contribution is 2.32. The molecule has 2 rings (SSSR count). The predicted molar refractivity (Wildman–Crippen MR) is 97.2 cm³/mol. The van der Waals surface area contributed by atoms with Crippen molar-refractivity contribution in [1.29, 1.82) is 0 Å². The second-order valence-corrected chi connectivity index (χ2v) is 8.69. The van der Waals surface area contributed by atoms with Crippen LogP contribution >= 0.6 is 11.3 Å². The lowest BCUT2D eigenvalue weighted by atomic mass is 10.1. The summed E-state index contributed by atoms with van der Waals surface area (Å²) in [5.74, 6) is -1.67. The Bertz CT molecular complexity index is 874. The SMILES string of the molecule is CNC(=O)C(=O)NC[C@H](c1cccs1)S(=O)(=O)c1ccc(C)c(C)c1. The molecule has 0 saturated carbocycles. The van der Waals surface area contributed by atoms with Gasteiger partial charge in [0.2, 0.25) is 0 Å². The highest BCUT2D eigenvalue weighted by molar-refractivity contribution is 7.91. The first kappa shape index (κ1) is 19.1. The minimum atomic E-state index is -3.73. The molecule has 2 aromatic rings. The minimum absolute atomic E-state index is 0.179. The van der Waals surface area contributed by atoms with Crippen molar-refractivity contribution in [3.63, 3.8) is 0 Å². The van der Waals surface area contributed by atoms with E-state index in [2.05, 4.69) is 10.6 Å². The van der Waals surface area contributed by atoms with Gasteiger partial charge in [-0.1, -0.05) is 12.1 Å². The maximum absolute atomic E-state index is 13.1. The number of carbonyl (C=O) groups excluding carboxylic acids is 2. The normalized spacial score (nSPS) is 12.4. The number of sulfone groups is 1. The lowest BCUT2D eigenvalue weighted by Gasteiger charge is -2.18. The molecular weight excluding hydrogens is 360 g/mol. The van der Waals surface area contributed by atoms with Crippen LogP contribution in [0.4, 0.5) is 0 Å². The van der Waals surface area contributed by atoms with Crippen molar-refractivity contribution in [3.05, 3.63) is 51.7 Å². The van der Waals surface area contributed by atoms with Crippen LogP contribution in [0.15, 0.2) is 40.6 Å². The molecule has 2 amide bonds. The number of amides is 2. The van der Waals surface area contributed by atoms with Crippen LogP contribution in [0.2, 0.25) is 0 Å². The smallest absolute Gasteiger partial charge is 0.309 e. The minimum Gasteiger partial charge on any atom is -0.351 e. The summed E-state index contributed by atoms with van der Waals surface area (Å²) in [6.45, 7) is 3.58. The molecule has 2 N–H and O–H groups in total. The Hall–Kier alpha value is -2.19. The molecule has 0 radical (unpaired) electrons. The number of rotatable bonds is 5. The number of thiophene rings is 1. The molecule has 0 aliphatic heterocycles. The van der Waals surface area contributed by atoms with Crippen LogP contribution in [0, 0.1) is 13.8 Å². The molecule has 134 valence electrons. The van der Waals surface area contributed by atoms with Crippen molar-refractivity contribution < 1.29 is 18.0 Å². The summed E-state index contributed by atoms with van der Waals surface area (Å²) in [7, 11) is -2.39. The average molecular weight is 380 g/mol. The second kappa shape index (κ2) is 7.79. The molecule has 0 aliphatic carbocycles. The maximum Gasteiger partial charge on any atom is 0.309 e. The Morgan fingerprint density at radius 2 is 1.84 bits per heavy atom. The average Bonchev–Trinajstić information content (AvgIpc) is 3.10. The van der Waals surface area contributed by atoms with E-state index in [0.29, 0.717) is 4.88 Å². The van der Waals surface area contributed by atoms with E-state index in [9.17, 15) is 18.0 Å². The van der Waals surface area contributed by atoms with Gasteiger partial charge in [-0.25, -0.2) is 8.42 Å². The molecule has 1 aromatic heterocycles. The third-order valence-electron chi connectivity index (χ3n) is 3.92. The quantitative estimate of drug-likeness (QED) is 0.773. The molecule has 0 unspecified atom stereocenters. The highest BCUT2D eigenvalue weighted by atomic mass is 32.2. The van der Waals surface area contributed by atoms with Gasteiger partial charge in [0.05, 0.1) is 4.90 Å². The summed E-state index contributed by atoms with van der Waals surface area (Å²) in [5.41, 5.74) is 1.87. The van der Waals surface area contributed by atoms with Crippen molar-refractivity contribution >= 4 is 33.0 Å². The second-order valence-electron chi connectivity index (χ2n) is 5.58. The predicted octanol–water partition coefficient (Wildman–Crippen LogP) is 1.74. The molecule has 1 aromatic carbocycles. The number of carbonyl (C=O) groups is 2.